The monoisotopic (exact) mass is 412 g/mol. The van der Waals surface area contributed by atoms with E-state index < -0.39 is 11.7 Å². The minimum Gasteiger partial charge on any atom is -0.355 e. The number of amides is 1. The zero-order chi connectivity index (χ0) is 20.3. The normalized spacial score (nSPS) is 16.7. The fourth-order valence-electron chi connectivity index (χ4n) is 3.24. The molecule has 2 aromatic rings. The number of hydrogen-bond donors (Lipinski definition) is 1. The molecule has 1 fully saturated rings. The summed E-state index contributed by atoms with van der Waals surface area (Å²) < 4.78 is 38.2. The van der Waals surface area contributed by atoms with Gasteiger partial charge in [-0.2, -0.15) is 13.2 Å². The lowest BCUT2D eigenvalue weighted by Crippen LogP contribution is -2.41. The molecule has 1 N–H and O–H groups in total. The summed E-state index contributed by atoms with van der Waals surface area (Å²) in [5.74, 6) is 0.128. The van der Waals surface area contributed by atoms with Gasteiger partial charge in [-0.25, -0.2) is 4.98 Å². The summed E-state index contributed by atoms with van der Waals surface area (Å²) in [6.07, 6.45) is 0.818. The highest BCUT2D eigenvalue weighted by Crippen LogP contribution is 2.34. The molecule has 150 valence electrons. The van der Waals surface area contributed by atoms with Crippen molar-refractivity contribution < 1.29 is 18.0 Å². The summed E-state index contributed by atoms with van der Waals surface area (Å²) in [6, 6.07) is 4.47. The second kappa shape index (κ2) is 8.34. The lowest BCUT2D eigenvalue weighted by atomic mass is 9.95. The highest BCUT2D eigenvalue weighted by atomic mass is 35.5. The summed E-state index contributed by atoms with van der Waals surface area (Å²) in [5, 5.41) is 2.97. The van der Waals surface area contributed by atoms with E-state index in [1.165, 1.54) is 0 Å². The van der Waals surface area contributed by atoms with Crippen LogP contribution in [0.2, 0.25) is 5.02 Å². The van der Waals surface area contributed by atoms with Gasteiger partial charge in [0.15, 0.2) is 0 Å². The topological polar surface area (TPSA) is 58.1 Å². The summed E-state index contributed by atoms with van der Waals surface area (Å²) in [4.78, 5) is 22.2. The summed E-state index contributed by atoms with van der Waals surface area (Å²) in [7, 11) is 0. The molecular weight excluding hydrogens is 393 g/mol. The first-order valence-corrected chi connectivity index (χ1v) is 9.31. The average molecular weight is 413 g/mol. The molecule has 0 radical (unpaired) electrons. The molecule has 1 atom stereocenters. The van der Waals surface area contributed by atoms with Gasteiger partial charge in [0.1, 0.15) is 5.82 Å². The van der Waals surface area contributed by atoms with Gasteiger partial charge in [-0.15, -0.1) is 0 Å². The first-order valence-electron chi connectivity index (χ1n) is 8.93. The molecule has 0 saturated carbocycles. The van der Waals surface area contributed by atoms with Crippen molar-refractivity contribution in [2.45, 2.75) is 32.0 Å². The molecule has 9 heteroatoms. The van der Waals surface area contributed by atoms with Crippen LogP contribution in [0.25, 0.3) is 0 Å². The number of hydrogen-bond acceptors (Lipinski definition) is 4. The Labute approximate surface area is 165 Å². The standard InChI is InChI=1S/C19H20ClF3N4O/c1-12(13-2-6-24-7-3-13)26-18(28)14-4-8-27(9-5-14)17-16(20)10-15(11-25-17)19(21,22)23/h2-3,6-7,10-12,14H,4-5,8-9H2,1H3,(H,26,28). The largest absolute Gasteiger partial charge is 0.417 e. The van der Waals surface area contributed by atoms with Crippen molar-refractivity contribution in [2.75, 3.05) is 18.0 Å². The van der Waals surface area contributed by atoms with Crippen LogP contribution in [0.1, 0.15) is 36.9 Å². The number of anilines is 1. The van der Waals surface area contributed by atoms with Gasteiger partial charge in [0.2, 0.25) is 5.91 Å². The lowest BCUT2D eigenvalue weighted by molar-refractivity contribution is -0.137. The number of piperidine rings is 1. The predicted molar refractivity (Wildman–Crippen MR) is 100.0 cm³/mol. The average Bonchev–Trinajstić information content (AvgIpc) is 2.68. The van der Waals surface area contributed by atoms with Crippen molar-refractivity contribution in [2.24, 2.45) is 5.92 Å². The van der Waals surface area contributed by atoms with E-state index in [1.54, 1.807) is 12.4 Å². The Morgan fingerprint density at radius 2 is 1.93 bits per heavy atom. The summed E-state index contributed by atoms with van der Waals surface area (Å²) in [6.45, 7) is 2.91. The van der Waals surface area contributed by atoms with Crippen LogP contribution >= 0.6 is 11.6 Å². The van der Waals surface area contributed by atoms with Crippen LogP contribution in [0.3, 0.4) is 0 Å². The number of nitrogens with zero attached hydrogens (tertiary/aromatic N) is 3. The smallest absolute Gasteiger partial charge is 0.355 e. The SMILES string of the molecule is CC(NC(=O)C1CCN(c2ncc(C(F)(F)F)cc2Cl)CC1)c1ccncc1. The number of carbonyl (C=O) groups excluding carboxylic acids is 1. The molecule has 1 saturated heterocycles. The van der Waals surface area contributed by atoms with Gasteiger partial charge in [0.05, 0.1) is 16.6 Å². The molecule has 5 nitrogen and oxygen atoms in total. The minimum atomic E-state index is -4.48. The number of halogens is 4. The third-order valence-corrected chi connectivity index (χ3v) is 5.16. The molecule has 28 heavy (non-hydrogen) atoms. The number of alkyl halides is 3. The molecule has 0 aliphatic carbocycles. The van der Waals surface area contributed by atoms with Crippen LogP contribution in [0.4, 0.5) is 19.0 Å². The Bertz CT molecular complexity index is 824. The highest BCUT2D eigenvalue weighted by Gasteiger charge is 2.33. The molecule has 0 aromatic carbocycles. The van der Waals surface area contributed by atoms with Gasteiger partial charge >= 0.3 is 6.18 Å². The Balaban J connectivity index is 1.58. The van der Waals surface area contributed by atoms with Crippen molar-refractivity contribution in [3.8, 4) is 0 Å². The van der Waals surface area contributed by atoms with Crippen LogP contribution < -0.4 is 10.2 Å². The van der Waals surface area contributed by atoms with E-state index in [0.717, 1.165) is 17.8 Å². The predicted octanol–water partition coefficient (Wildman–Crippen LogP) is 4.24. The fraction of sp³-hybridized carbons (Fsp3) is 0.421. The third-order valence-electron chi connectivity index (χ3n) is 4.88. The van der Waals surface area contributed by atoms with Crippen LogP contribution in [0, 0.1) is 5.92 Å². The molecule has 1 aliphatic rings. The van der Waals surface area contributed by atoms with E-state index in [9.17, 15) is 18.0 Å². The van der Waals surface area contributed by atoms with Gasteiger partial charge in [0, 0.05) is 37.6 Å². The summed E-state index contributed by atoms with van der Waals surface area (Å²) >= 11 is 6.02. The quantitative estimate of drug-likeness (QED) is 0.816. The number of carbonyl (C=O) groups is 1. The van der Waals surface area contributed by atoms with E-state index >= 15 is 0 Å². The van der Waals surface area contributed by atoms with Crippen LogP contribution in [0.5, 0.6) is 0 Å². The van der Waals surface area contributed by atoms with Crippen LogP contribution in [-0.4, -0.2) is 29.0 Å². The maximum atomic E-state index is 12.7. The fourth-order valence-corrected chi connectivity index (χ4v) is 3.52. The van der Waals surface area contributed by atoms with E-state index in [2.05, 4.69) is 15.3 Å². The molecule has 1 amide bonds. The minimum absolute atomic E-state index is 0.0320. The Kier molecular flexibility index (Phi) is 6.07. The molecule has 1 unspecified atom stereocenters. The number of aromatic nitrogens is 2. The van der Waals surface area contributed by atoms with E-state index in [4.69, 9.17) is 11.6 Å². The second-order valence-electron chi connectivity index (χ2n) is 6.80. The van der Waals surface area contributed by atoms with Gasteiger partial charge in [-0.3, -0.25) is 9.78 Å². The zero-order valence-corrected chi connectivity index (χ0v) is 16.0. The maximum Gasteiger partial charge on any atom is 0.417 e. The van der Waals surface area contributed by atoms with E-state index in [0.29, 0.717) is 31.7 Å². The lowest BCUT2D eigenvalue weighted by Gasteiger charge is -2.33. The van der Waals surface area contributed by atoms with E-state index in [1.807, 2.05) is 24.0 Å². The molecule has 3 heterocycles. The van der Waals surface area contributed by atoms with Gasteiger partial charge in [-0.1, -0.05) is 11.6 Å². The van der Waals surface area contributed by atoms with Crippen molar-refractivity contribution in [1.82, 2.24) is 15.3 Å². The number of pyridine rings is 2. The van der Waals surface area contributed by atoms with Crippen LogP contribution in [0.15, 0.2) is 36.8 Å². The maximum absolute atomic E-state index is 12.7. The van der Waals surface area contributed by atoms with Crippen molar-refractivity contribution in [3.05, 3.63) is 52.9 Å². The van der Waals surface area contributed by atoms with Gasteiger partial charge in [-0.05, 0) is 43.5 Å². The van der Waals surface area contributed by atoms with Crippen molar-refractivity contribution in [1.29, 1.82) is 0 Å². The molecule has 3 rings (SSSR count). The third kappa shape index (κ3) is 4.73. The van der Waals surface area contributed by atoms with Crippen molar-refractivity contribution >= 4 is 23.3 Å². The molecular formula is C19H20ClF3N4O. The number of nitrogens with one attached hydrogen (secondary N) is 1. The van der Waals surface area contributed by atoms with Gasteiger partial charge < -0.3 is 10.2 Å². The molecule has 0 bridgehead atoms. The van der Waals surface area contributed by atoms with Gasteiger partial charge in [0.25, 0.3) is 0 Å². The van der Waals surface area contributed by atoms with Crippen LogP contribution in [-0.2, 0) is 11.0 Å². The molecule has 2 aromatic heterocycles. The Hall–Kier alpha value is -2.35. The number of rotatable bonds is 4. The highest BCUT2D eigenvalue weighted by molar-refractivity contribution is 6.33. The van der Waals surface area contributed by atoms with E-state index in [-0.39, 0.29) is 22.9 Å². The second-order valence-corrected chi connectivity index (χ2v) is 7.21. The zero-order valence-electron chi connectivity index (χ0n) is 15.2. The Morgan fingerprint density at radius 3 is 2.50 bits per heavy atom. The first-order chi connectivity index (χ1) is 13.3. The van der Waals surface area contributed by atoms with Crippen molar-refractivity contribution in [3.63, 3.8) is 0 Å². The first kappa shape index (κ1) is 20.4. The molecule has 0 spiro atoms. The Morgan fingerprint density at radius 1 is 1.29 bits per heavy atom. The molecule has 1 aliphatic heterocycles. The summed E-state index contributed by atoms with van der Waals surface area (Å²) in [5.41, 5.74) is 0.0992.